The van der Waals surface area contributed by atoms with Gasteiger partial charge in [-0.2, -0.15) is 10.9 Å². The molecule has 102 valence electrons. The average molecular weight is 281 g/mol. The van der Waals surface area contributed by atoms with Crippen molar-refractivity contribution in [2.75, 3.05) is 5.75 Å². The molecule has 7 heteroatoms. The van der Waals surface area contributed by atoms with E-state index in [1.807, 2.05) is 13.0 Å². The van der Waals surface area contributed by atoms with Crippen molar-refractivity contribution in [3.05, 3.63) is 28.4 Å². The molecule has 0 saturated carbocycles. The predicted octanol–water partition coefficient (Wildman–Crippen LogP) is 0.00182. The first kappa shape index (κ1) is 13.6. The Morgan fingerprint density at radius 1 is 1.53 bits per heavy atom. The van der Waals surface area contributed by atoms with E-state index < -0.39 is 28.8 Å². The maximum Gasteiger partial charge on any atom is 0.321 e. The average Bonchev–Trinajstić information content (AvgIpc) is 2.69. The molecule has 2 heterocycles. The highest BCUT2D eigenvalue weighted by Gasteiger charge is 2.30. The van der Waals surface area contributed by atoms with Crippen LogP contribution in [0.3, 0.4) is 0 Å². The summed E-state index contributed by atoms with van der Waals surface area (Å²) in [4.78, 5) is 27.9. The Hall–Kier alpha value is -1.86. The number of nitrogens with two attached hydrogens (primary N) is 2. The second kappa shape index (κ2) is 5.02. The first-order chi connectivity index (χ1) is 8.91. The maximum absolute atomic E-state index is 11.5. The Kier molecular flexibility index (Phi) is 3.59. The zero-order valence-corrected chi connectivity index (χ0v) is 11.2. The third-order valence-electron chi connectivity index (χ3n) is 2.94. The number of carboxylic acids is 1. The molecule has 19 heavy (non-hydrogen) atoms. The van der Waals surface area contributed by atoms with Crippen molar-refractivity contribution < 1.29 is 14.7 Å². The number of amides is 1. The number of carbonyl (C=O) groups is 2. The van der Waals surface area contributed by atoms with Gasteiger partial charge in [0.15, 0.2) is 0 Å². The Bertz CT molecular complexity index is 586. The van der Waals surface area contributed by atoms with E-state index in [1.165, 1.54) is 0 Å². The molecular formula is C12H15N3O3S. The number of carbonyl (C=O) groups excluding carboxylic acids is 1. The van der Waals surface area contributed by atoms with Crippen molar-refractivity contribution in [1.82, 2.24) is 4.98 Å². The van der Waals surface area contributed by atoms with Crippen LogP contribution in [0.5, 0.6) is 0 Å². The quantitative estimate of drug-likeness (QED) is 0.579. The molecule has 1 aromatic heterocycles. The van der Waals surface area contributed by atoms with Crippen molar-refractivity contribution in [2.45, 2.75) is 17.9 Å². The predicted molar refractivity (Wildman–Crippen MR) is 73.9 cm³/mol. The molecule has 1 aliphatic heterocycles. The van der Waals surface area contributed by atoms with Gasteiger partial charge in [0.1, 0.15) is 6.04 Å². The minimum atomic E-state index is -1.14. The highest BCUT2D eigenvalue weighted by molar-refractivity contribution is 8.21. The molecule has 2 atom stereocenters. The van der Waals surface area contributed by atoms with Gasteiger partial charge in [-0.1, -0.05) is 0 Å². The summed E-state index contributed by atoms with van der Waals surface area (Å²) in [5, 5.41) is 8.92. The van der Waals surface area contributed by atoms with E-state index in [0.717, 1.165) is 10.5 Å². The summed E-state index contributed by atoms with van der Waals surface area (Å²) in [5.41, 5.74) is 12.6. The fraction of sp³-hybridized carbons (Fsp3) is 0.250. The van der Waals surface area contributed by atoms with Gasteiger partial charge in [0, 0.05) is 16.8 Å². The van der Waals surface area contributed by atoms with Gasteiger partial charge in [-0.25, -0.2) is 0 Å². The summed E-state index contributed by atoms with van der Waals surface area (Å²) in [7, 11) is -1.14. The second-order valence-corrected chi connectivity index (χ2v) is 6.46. The van der Waals surface area contributed by atoms with Crippen molar-refractivity contribution in [1.29, 1.82) is 0 Å². The molecule has 5 N–H and O–H groups in total. The molecule has 2 unspecified atom stereocenters. The lowest BCUT2D eigenvalue weighted by Gasteiger charge is -2.22. The number of primary amides is 1. The lowest BCUT2D eigenvalue weighted by atomic mass is 10.2. The largest absolute Gasteiger partial charge is 0.480 e. The summed E-state index contributed by atoms with van der Waals surface area (Å²) >= 11 is 0. The van der Waals surface area contributed by atoms with Crippen molar-refractivity contribution >= 4 is 28.8 Å². The third kappa shape index (κ3) is 2.47. The van der Waals surface area contributed by atoms with E-state index in [-0.39, 0.29) is 5.75 Å². The number of nitrogens with zero attached hydrogens (tertiary/aromatic N) is 1. The number of aromatic nitrogens is 1. The smallest absolute Gasteiger partial charge is 0.321 e. The normalized spacial score (nSPS) is 20.5. The number of hydrogen-bond donors (Lipinski definition) is 4. The standard InChI is InChI=1S/C12H15N3O3S/c1-6-2-3-15-8-4-9(11(14)16)19(10(6)8)5-7(13)12(17)18/h2-4,7,19H,5,13H2,1H3,(H2,14,16)(H,17,18). The van der Waals surface area contributed by atoms with Crippen LogP contribution in [0.25, 0.3) is 6.08 Å². The SMILES string of the molecule is Cc1ccnc2c1[SH](CC(N)C(=O)O)C(C(N)=O)=C2. The van der Waals surface area contributed by atoms with E-state index >= 15 is 0 Å². The molecule has 1 aliphatic rings. The first-order valence-electron chi connectivity index (χ1n) is 5.65. The molecule has 0 spiro atoms. The number of thiol groups is 1. The fourth-order valence-electron chi connectivity index (χ4n) is 2.02. The first-order valence-corrected chi connectivity index (χ1v) is 7.17. The van der Waals surface area contributed by atoms with Gasteiger partial charge in [0.05, 0.1) is 10.6 Å². The van der Waals surface area contributed by atoms with E-state index in [1.54, 1.807) is 12.3 Å². The Labute approximate surface area is 112 Å². The highest BCUT2D eigenvalue weighted by Crippen LogP contribution is 2.52. The number of aliphatic carboxylic acids is 1. The minimum Gasteiger partial charge on any atom is -0.480 e. The molecule has 0 radical (unpaired) electrons. The second-order valence-electron chi connectivity index (χ2n) is 4.31. The van der Waals surface area contributed by atoms with E-state index in [0.29, 0.717) is 10.6 Å². The summed E-state index contributed by atoms with van der Waals surface area (Å²) < 4.78 is 0. The van der Waals surface area contributed by atoms with Crippen molar-refractivity contribution in [3.8, 4) is 0 Å². The van der Waals surface area contributed by atoms with E-state index in [9.17, 15) is 9.59 Å². The molecule has 1 aromatic rings. The van der Waals surface area contributed by atoms with Crippen molar-refractivity contribution in [3.63, 3.8) is 0 Å². The van der Waals surface area contributed by atoms with Gasteiger partial charge in [0.25, 0.3) is 5.91 Å². The summed E-state index contributed by atoms with van der Waals surface area (Å²) in [6, 6.07) is 0.817. The lowest BCUT2D eigenvalue weighted by Crippen LogP contribution is -2.34. The van der Waals surface area contributed by atoms with Gasteiger partial charge in [-0.05, 0) is 24.6 Å². The monoisotopic (exact) mass is 281 g/mol. The van der Waals surface area contributed by atoms with Crippen LogP contribution in [-0.4, -0.2) is 33.8 Å². The number of hydrogen-bond acceptors (Lipinski definition) is 4. The van der Waals surface area contributed by atoms with Crippen LogP contribution in [-0.2, 0) is 9.59 Å². The van der Waals surface area contributed by atoms with Gasteiger partial charge in [-0.3, -0.25) is 14.6 Å². The van der Waals surface area contributed by atoms with Gasteiger partial charge >= 0.3 is 5.97 Å². The minimum absolute atomic E-state index is 0.193. The topological polar surface area (TPSA) is 119 Å². The zero-order chi connectivity index (χ0) is 14.2. The molecule has 0 saturated heterocycles. The summed E-state index contributed by atoms with van der Waals surface area (Å²) in [5.74, 6) is -1.43. The van der Waals surface area contributed by atoms with E-state index in [4.69, 9.17) is 16.6 Å². The summed E-state index contributed by atoms with van der Waals surface area (Å²) in [6.07, 6.45) is 3.30. The Morgan fingerprint density at radius 3 is 2.79 bits per heavy atom. The van der Waals surface area contributed by atoms with Crippen molar-refractivity contribution in [2.24, 2.45) is 11.5 Å². The number of carboxylic acid groups (broad SMARTS) is 1. The molecule has 0 aliphatic carbocycles. The molecule has 0 aromatic carbocycles. The van der Waals surface area contributed by atoms with E-state index in [2.05, 4.69) is 4.98 Å². The van der Waals surface area contributed by atoms with Gasteiger partial charge in [-0.15, -0.1) is 0 Å². The highest BCUT2D eigenvalue weighted by atomic mass is 32.2. The Morgan fingerprint density at radius 2 is 2.21 bits per heavy atom. The molecule has 2 rings (SSSR count). The van der Waals surface area contributed by atoms with Crippen LogP contribution in [0.2, 0.25) is 0 Å². The van der Waals surface area contributed by atoms with Crippen LogP contribution in [0, 0.1) is 6.92 Å². The van der Waals surface area contributed by atoms with Crippen LogP contribution < -0.4 is 11.5 Å². The molecule has 0 bridgehead atoms. The number of pyridine rings is 1. The van der Waals surface area contributed by atoms with Crippen LogP contribution >= 0.6 is 10.9 Å². The molecule has 0 fully saturated rings. The van der Waals surface area contributed by atoms with Crippen LogP contribution in [0.4, 0.5) is 0 Å². The molecule has 6 nitrogen and oxygen atoms in total. The van der Waals surface area contributed by atoms with Crippen LogP contribution in [0.1, 0.15) is 11.3 Å². The van der Waals surface area contributed by atoms with Crippen LogP contribution in [0.15, 0.2) is 22.1 Å². The Balaban J connectivity index is 2.42. The lowest BCUT2D eigenvalue weighted by molar-refractivity contribution is -0.137. The molecular weight excluding hydrogens is 266 g/mol. The maximum atomic E-state index is 11.5. The van der Waals surface area contributed by atoms with Gasteiger partial charge in [0.2, 0.25) is 0 Å². The number of aryl methyl sites for hydroxylation is 1. The number of rotatable bonds is 4. The number of fused-ring (bicyclic) bond motifs is 1. The molecule has 1 amide bonds. The van der Waals surface area contributed by atoms with Gasteiger partial charge < -0.3 is 16.6 Å². The summed E-state index contributed by atoms with van der Waals surface area (Å²) in [6.45, 7) is 1.90. The fourth-order valence-corrected chi connectivity index (χ4v) is 4.64. The third-order valence-corrected chi connectivity index (χ3v) is 5.75. The zero-order valence-electron chi connectivity index (χ0n) is 10.3.